The zero-order valence-electron chi connectivity index (χ0n) is 12.4. The highest BCUT2D eigenvalue weighted by atomic mass is 15.1. The minimum absolute atomic E-state index is 1.15. The van der Waals surface area contributed by atoms with Gasteiger partial charge in [0.1, 0.15) is 0 Å². The van der Waals surface area contributed by atoms with Crippen molar-refractivity contribution in [3.8, 4) is 0 Å². The van der Waals surface area contributed by atoms with E-state index in [0.717, 1.165) is 26.2 Å². The van der Waals surface area contributed by atoms with Crippen LogP contribution in [-0.2, 0) is 0 Å². The van der Waals surface area contributed by atoms with Gasteiger partial charge in [0, 0.05) is 0 Å². The SMILES string of the molecule is CN1CCCNCCCNCCCN(C)CCC1. The maximum Gasteiger partial charge on any atom is -0.000959 e. The Labute approximate surface area is 113 Å². The summed E-state index contributed by atoms with van der Waals surface area (Å²) in [6.07, 6.45) is 5.05. The van der Waals surface area contributed by atoms with Gasteiger partial charge in [-0.25, -0.2) is 0 Å². The Morgan fingerprint density at radius 3 is 1.44 bits per heavy atom. The van der Waals surface area contributed by atoms with Gasteiger partial charge in [-0.05, 0) is 92.1 Å². The molecule has 0 atom stereocenters. The van der Waals surface area contributed by atoms with E-state index >= 15 is 0 Å². The van der Waals surface area contributed by atoms with Crippen molar-refractivity contribution in [2.45, 2.75) is 25.7 Å². The quantitative estimate of drug-likeness (QED) is 0.665. The smallest absolute Gasteiger partial charge is 0.000959 e. The van der Waals surface area contributed by atoms with Crippen LogP contribution in [-0.4, -0.2) is 76.3 Å². The summed E-state index contributed by atoms with van der Waals surface area (Å²) in [5, 5.41) is 7.04. The van der Waals surface area contributed by atoms with Crippen LogP contribution in [0, 0.1) is 0 Å². The molecule has 0 aromatic heterocycles. The van der Waals surface area contributed by atoms with Gasteiger partial charge in [0.05, 0.1) is 0 Å². The molecule has 1 heterocycles. The van der Waals surface area contributed by atoms with Crippen LogP contribution in [0.4, 0.5) is 0 Å². The summed E-state index contributed by atoms with van der Waals surface area (Å²) >= 11 is 0. The predicted molar refractivity (Wildman–Crippen MR) is 79.2 cm³/mol. The first-order valence-electron chi connectivity index (χ1n) is 7.57. The van der Waals surface area contributed by atoms with E-state index in [4.69, 9.17) is 0 Å². The lowest BCUT2D eigenvalue weighted by Gasteiger charge is -2.21. The molecule has 0 aromatic rings. The van der Waals surface area contributed by atoms with E-state index in [9.17, 15) is 0 Å². The van der Waals surface area contributed by atoms with Gasteiger partial charge >= 0.3 is 0 Å². The molecule has 0 radical (unpaired) electrons. The van der Waals surface area contributed by atoms with Crippen molar-refractivity contribution >= 4 is 0 Å². The first kappa shape index (κ1) is 15.9. The van der Waals surface area contributed by atoms with Crippen molar-refractivity contribution in [1.82, 2.24) is 20.4 Å². The Balaban J connectivity index is 2.18. The molecule has 0 aliphatic carbocycles. The highest BCUT2D eigenvalue weighted by Gasteiger charge is 2.02. The summed E-state index contributed by atoms with van der Waals surface area (Å²) < 4.78 is 0. The van der Waals surface area contributed by atoms with Gasteiger partial charge in [0.25, 0.3) is 0 Å². The normalized spacial score (nSPS) is 25.0. The van der Waals surface area contributed by atoms with E-state index in [1.807, 2.05) is 0 Å². The average Bonchev–Trinajstić information content (AvgIpc) is 2.34. The lowest BCUT2D eigenvalue weighted by Crippen LogP contribution is -2.31. The fourth-order valence-corrected chi connectivity index (χ4v) is 2.37. The zero-order valence-corrected chi connectivity index (χ0v) is 12.4. The molecular formula is C14H32N4. The van der Waals surface area contributed by atoms with Gasteiger partial charge in [0.15, 0.2) is 0 Å². The van der Waals surface area contributed by atoms with Gasteiger partial charge in [-0.1, -0.05) is 0 Å². The van der Waals surface area contributed by atoms with Crippen molar-refractivity contribution in [1.29, 1.82) is 0 Å². The molecule has 0 spiro atoms. The van der Waals surface area contributed by atoms with E-state index < -0.39 is 0 Å². The van der Waals surface area contributed by atoms with Crippen LogP contribution in [0.15, 0.2) is 0 Å². The predicted octanol–water partition coefficient (Wildman–Crippen LogP) is 0.603. The first-order valence-corrected chi connectivity index (χ1v) is 7.57. The number of rotatable bonds is 0. The van der Waals surface area contributed by atoms with E-state index in [2.05, 4.69) is 34.5 Å². The first-order chi connectivity index (χ1) is 8.79. The Morgan fingerprint density at radius 2 is 0.944 bits per heavy atom. The van der Waals surface area contributed by atoms with E-state index in [-0.39, 0.29) is 0 Å². The topological polar surface area (TPSA) is 30.5 Å². The molecule has 1 fully saturated rings. The molecular weight excluding hydrogens is 224 g/mol. The summed E-state index contributed by atoms with van der Waals surface area (Å²) in [4.78, 5) is 4.92. The Bertz CT molecular complexity index is 169. The third-order valence-electron chi connectivity index (χ3n) is 3.57. The van der Waals surface area contributed by atoms with Gasteiger partial charge in [-0.2, -0.15) is 0 Å². The lowest BCUT2D eigenvalue weighted by atomic mass is 10.3. The monoisotopic (exact) mass is 256 g/mol. The largest absolute Gasteiger partial charge is 0.317 e. The zero-order chi connectivity index (χ0) is 13.1. The Morgan fingerprint density at radius 1 is 0.556 bits per heavy atom. The van der Waals surface area contributed by atoms with E-state index in [1.165, 1.54) is 51.9 Å². The van der Waals surface area contributed by atoms with Gasteiger partial charge in [-0.15, -0.1) is 0 Å². The van der Waals surface area contributed by atoms with Gasteiger partial charge in [0.2, 0.25) is 0 Å². The molecule has 0 saturated carbocycles. The molecule has 1 aliphatic heterocycles. The molecule has 18 heavy (non-hydrogen) atoms. The van der Waals surface area contributed by atoms with E-state index in [1.54, 1.807) is 0 Å². The Kier molecular flexibility index (Phi) is 9.48. The van der Waals surface area contributed by atoms with Crippen LogP contribution in [0.5, 0.6) is 0 Å². The molecule has 0 bridgehead atoms. The third-order valence-corrected chi connectivity index (χ3v) is 3.57. The molecule has 0 aromatic carbocycles. The second-order valence-electron chi connectivity index (χ2n) is 5.52. The van der Waals surface area contributed by atoms with E-state index in [0.29, 0.717) is 0 Å². The van der Waals surface area contributed by atoms with Crippen LogP contribution < -0.4 is 10.6 Å². The van der Waals surface area contributed by atoms with Crippen molar-refractivity contribution in [3.63, 3.8) is 0 Å². The molecule has 4 heteroatoms. The fraction of sp³-hybridized carbons (Fsp3) is 1.00. The Hall–Kier alpha value is -0.160. The van der Waals surface area contributed by atoms with Crippen molar-refractivity contribution in [2.75, 3.05) is 66.5 Å². The summed E-state index contributed by atoms with van der Waals surface area (Å²) in [5.41, 5.74) is 0. The van der Waals surface area contributed by atoms with Crippen molar-refractivity contribution < 1.29 is 0 Å². The van der Waals surface area contributed by atoms with Crippen LogP contribution in [0.1, 0.15) is 25.7 Å². The summed E-state index contributed by atoms with van der Waals surface area (Å²) in [6, 6.07) is 0. The molecule has 1 rings (SSSR count). The molecule has 0 amide bonds. The maximum absolute atomic E-state index is 3.52. The van der Waals surface area contributed by atoms with Gasteiger partial charge < -0.3 is 20.4 Å². The third kappa shape index (κ3) is 8.86. The minimum Gasteiger partial charge on any atom is -0.317 e. The van der Waals surface area contributed by atoms with Crippen LogP contribution in [0.25, 0.3) is 0 Å². The van der Waals surface area contributed by atoms with Crippen LogP contribution in [0.2, 0.25) is 0 Å². The fourth-order valence-electron chi connectivity index (χ4n) is 2.37. The molecule has 1 aliphatic rings. The molecule has 2 N–H and O–H groups in total. The number of hydrogen-bond donors (Lipinski definition) is 2. The van der Waals surface area contributed by atoms with Crippen LogP contribution >= 0.6 is 0 Å². The lowest BCUT2D eigenvalue weighted by molar-refractivity contribution is 0.272. The van der Waals surface area contributed by atoms with Crippen LogP contribution in [0.3, 0.4) is 0 Å². The minimum atomic E-state index is 1.15. The standard InChI is InChI=1S/C14H32N4/c1-17-11-4-9-15-7-3-8-16-10-5-12-18(2)14-6-13-17/h15-16H,3-14H2,1-2H3. The highest BCUT2D eigenvalue weighted by molar-refractivity contribution is 4.60. The summed E-state index contributed by atoms with van der Waals surface area (Å²) in [6.45, 7) is 9.50. The number of nitrogens with one attached hydrogen (secondary N) is 2. The maximum atomic E-state index is 3.52. The molecule has 108 valence electrons. The highest BCUT2D eigenvalue weighted by Crippen LogP contribution is 1.94. The second-order valence-corrected chi connectivity index (χ2v) is 5.52. The van der Waals surface area contributed by atoms with Crippen molar-refractivity contribution in [2.24, 2.45) is 0 Å². The number of hydrogen-bond acceptors (Lipinski definition) is 4. The van der Waals surface area contributed by atoms with Gasteiger partial charge in [-0.3, -0.25) is 0 Å². The molecule has 4 nitrogen and oxygen atoms in total. The number of nitrogens with zero attached hydrogens (tertiary/aromatic N) is 2. The average molecular weight is 256 g/mol. The molecule has 0 unspecified atom stereocenters. The molecule has 1 saturated heterocycles. The second kappa shape index (κ2) is 10.7. The van der Waals surface area contributed by atoms with Crippen molar-refractivity contribution in [3.05, 3.63) is 0 Å². The summed E-state index contributed by atoms with van der Waals surface area (Å²) in [5.74, 6) is 0. The summed E-state index contributed by atoms with van der Waals surface area (Å²) in [7, 11) is 4.49.